The maximum Gasteiger partial charge on any atom is 0.333 e. The topological polar surface area (TPSA) is 62.5 Å². The molecule has 1 N–H and O–H groups in total. The van der Waals surface area contributed by atoms with Crippen LogP contribution in [0.5, 0.6) is 0 Å². The molecule has 0 spiro atoms. The lowest BCUT2D eigenvalue weighted by Crippen LogP contribution is -2.48. The van der Waals surface area contributed by atoms with Crippen LogP contribution >= 0.6 is 0 Å². The number of piperidine rings is 1. The minimum Gasteiger partial charge on any atom is -0.313 e. The lowest BCUT2D eigenvalue weighted by molar-refractivity contribution is -0.119. The first-order valence-electron chi connectivity index (χ1n) is 12.9. The Morgan fingerprint density at radius 1 is 1.00 bits per heavy atom. The number of rotatable bonds is 7. The van der Waals surface area contributed by atoms with Gasteiger partial charge in [0.1, 0.15) is 0 Å². The number of hydrogen-bond acceptors (Lipinski definition) is 4. The van der Waals surface area contributed by atoms with Gasteiger partial charge in [-0.05, 0) is 37.1 Å². The van der Waals surface area contributed by atoms with Crippen LogP contribution in [0.4, 0.5) is 5.69 Å². The number of nitrogens with one attached hydrogen (secondary N) is 1. The van der Waals surface area contributed by atoms with Gasteiger partial charge in [-0.25, -0.2) is 4.79 Å². The zero-order chi connectivity index (χ0) is 24.2. The Kier molecular flexibility index (Phi) is 7.16. The van der Waals surface area contributed by atoms with E-state index in [-0.39, 0.29) is 17.6 Å². The number of anilines is 1. The third-order valence-electron chi connectivity index (χ3n) is 7.33. The molecule has 7 heteroatoms. The summed E-state index contributed by atoms with van der Waals surface area (Å²) in [6.45, 7) is 6.98. The number of benzene rings is 2. The van der Waals surface area contributed by atoms with E-state index >= 15 is 0 Å². The fourth-order valence-corrected chi connectivity index (χ4v) is 5.48. The van der Waals surface area contributed by atoms with Gasteiger partial charge in [0.2, 0.25) is 5.91 Å². The molecule has 3 aromatic rings. The quantitative estimate of drug-likeness (QED) is 0.570. The van der Waals surface area contributed by atoms with Crippen LogP contribution < -0.4 is 15.9 Å². The molecule has 0 aliphatic carbocycles. The second-order valence-corrected chi connectivity index (χ2v) is 9.43. The Bertz CT molecular complexity index is 1250. The molecular formula is C28H35N5O2. The number of amides is 1. The molecule has 0 saturated carbocycles. The number of aromatic nitrogens is 2. The first-order chi connectivity index (χ1) is 17.2. The summed E-state index contributed by atoms with van der Waals surface area (Å²) in [6, 6.07) is 18.4. The molecule has 1 saturated heterocycles. The predicted molar refractivity (Wildman–Crippen MR) is 142 cm³/mol. The van der Waals surface area contributed by atoms with E-state index < -0.39 is 0 Å². The van der Waals surface area contributed by atoms with Gasteiger partial charge in [-0.3, -0.25) is 13.9 Å². The smallest absolute Gasteiger partial charge is 0.313 e. The van der Waals surface area contributed by atoms with E-state index in [0.717, 1.165) is 74.4 Å². The molecule has 0 unspecified atom stereocenters. The second kappa shape index (κ2) is 10.6. The van der Waals surface area contributed by atoms with Crippen molar-refractivity contribution in [2.75, 3.05) is 37.6 Å². The Balaban J connectivity index is 1.28. The minimum absolute atomic E-state index is 0.0537. The first kappa shape index (κ1) is 23.6. The number of imidazole rings is 1. The van der Waals surface area contributed by atoms with E-state index in [0.29, 0.717) is 13.0 Å². The van der Waals surface area contributed by atoms with Crippen molar-refractivity contribution in [3.05, 3.63) is 71.2 Å². The molecule has 0 radical (unpaired) electrons. The third-order valence-corrected chi connectivity index (χ3v) is 7.33. The number of para-hydroxylation sites is 3. The number of likely N-dealkylation sites (tertiary alicyclic amines) is 1. The summed E-state index contributed by atoms with van der Waals surface area (Å²) in [5.41, 5.74) is 4.12. The monoisotopic (exact) mass is 473 g/mol. The third kappa shape index (κ3) is 4.83. The van der Waals surface area contributed by atoms with Crippen LogP contribution in [0.2, 0.25) is 0 Å². The van der Waals surface area contributed by atoms with Gasteiger partial charge >= 0.3 is 5.69 Å². The molecule has 3 heterocycles. The standard InChI is InChI=1S/C28H35N5O2/c1-2-27(34)32(22-8-4-3-5-9-22)24-14-18-30(19-15-24)20-21-31-25-10-6-7-11-26(25)33(28(31)35)23-12-16-29-17-13-23/h3-12,24,29H,2,13-21H2,1H3. The first-order valence-corrected chi connectivity index (χ1v) is 12.9. The number of carbonyl (C=O) groups is 1. The fourth-order valence-electron chi connectivity index (χ4n) is 5.48. The lowest BCUT2D eigenvalue weighted by Gasteiger charge is -2.38. The van der Waals surface area contributed by atoms with E-state index in [1.54, 1.807) is 0 Å². The van der Waals surface area contributed by atoms with E-state index in [1.807, 2.05) is 69.5 Å². The van der Waals surface area contributed by atoms with Gasteiger partial charge in [0.05, 0.1) is 11.0 Å². The van der Waals surface area contributed by atoms with Crippen molar-refractivity contribution in [1.82, 2.24) is 19.4 Å². The van der Waals surface area contributed by atoms with Crippen LogP contribution in [0.15, 0.2) is 65.5 Å². The van der Waals surface area contributed by atoms with Crippen LogP contribution in [0.25, 0.3) is 16.7 Å². The highest BCUT2D eigenvalue weighted by Crippen LogP contribution is 2.25. The minimum atomic E-state index is 0.0537. The van der Waals surface area contributed by atoms with Crippen molar-refractivity contribution in [2.45, 2.75) is 45.2 Å². The Morgan fingerprint density at radius 2 is 1.71 bits per heavy atom. The SMILES string of the molecule is CCC(=O)N(c1ccccc1)C1CCN(CCn2c(=O)n(C3=CCNCC3)c3ccccc32)CC1. The van der Waals surface area contributed by atoms with Crippen molar-refractivity contribution >= 4 is 28.3 Å². The molecule has 35 heavy (non-hydrogen) atoms. The molecule has 7 nitrogen and oxygen atoms in total. The molecule has 1 aromatic heterocycles. The van der Waals surface area contributed by atoms with Gasteiger partial charge < -0.3 is 15.1 Å². The number of carbonyl (C=O) groups excluding carboxylic acids is 1. The summed E-state index contributed by atoms with van der Waals surface area (Å²) in [4.78, 5) is 30.7. The Labute approximate surface area is 206 Å². The van der Waals surface area contributed by atoms with Gasteiger partial charge in [-0.15, -0.1) is 0 Å². The predicted octanol–water partition coefficient (Wildman–Crippen LogP) is 3.54. The summed E-state index contributed by atoms with van der Waals surface area (Å²) >= 11 is 0. The van der Waals surface area contributed by atoms with Crippen molar-refractivity contribution < 1.29 is 4.79 Å². The zero-order valence-electron chi connectivity index (χ0n) is 20.5. The molecule has 0 bridgehead atoms. The maximum absolute atomic E-state index is 13.5. The molecule has 0 atom stereocenters. The van der Waals surface area contributed by atoms with Crippen molar-refractivity contribution in [3.8, 4) is 0 Å². The molecule has 5 rings (SSSR count). The maximum atomic E-state index is 13.5. The van der Waals surface area contributed by atoms with Crippen LogP contribution in [0.3, 0.4) is 0 Å². The zero-order valence-corrected chi connectivity index (χ0v) is 20.5. The van der Waals surface area contributed by atoms with Gasteiger partial charge in [-0.1, -0.05) is 43.3 Å². The number of fused-ring (bicyclic) bond motifs is 1. The molecule has 2 aromatic carbocycles. The van der Waals surface area contributed by atoms with Gasteiger partial charge in [-0.2, -0.15) is 0 Å². The van der Waals surface area contributed by atoms with Crippen molar-refractivity contribution in [1.29, 1.82) is 0 Å². The molecule has 2 aliphatic heterocycles. The molecule has 2 aliphatic rings. The van der Waals surface area contributed by atoms with E-state index in [4.69, 9.17) is 0 Å². The lowest BCUT2D eigenvalue weighted by atomic mass is 10.0. The largest absolute Gasteiger partial charge is 0.333 e. The molecule has 1 amide bonds. The average molecular weight is 474 g/mol. The van der Waals surface area contributed by atoms with Crippen molar-refractivity contribution in [3.63, 3.8) is 0 Å². The van der Waals surface area contributed by atoms with E-state index in [2.05, 4.69) is 22.4 Å². The number of nitrogens with zero attached hydrogens (tertiary/aromatic N) is 4. The summed E-state index contributed by atoms with van der Waals surface area (Å²) in [5, 5.41) is 3.33. The fraction of sp³-hybridized carbons (Fsp3) is 0.429. The van der Waals surface area contributed by atoms with E-state index in [9.17, 15) is 9.59 Å². The normalized spacial score (nSPS) is 17.5. The summed E-state index contributed by atoms with van der Waals surface area (Å²) < 4.78 is 3.83. The Morgan fingerprint density at radius 3 is 2.40 bits per heavy atom. The van der Waals surface area contributed by atoms with Crippen LogP contribution in [-0.2, 0) is 11.3 Å². The molecule has 1 fully saturated rings. The summed E-state index contributed by atoms with van der Waals surface area (Å²) in [5.74, 6) is 0.182. The average Bonchev–Trinajstić information content (AvgIpc) is 3.20. The Hall–Kier alpha value is -3.16. The molecule has 184 valence electrons. The summed E-state index contributed by atoms with van der Waals surface area (Å²) in [6.07, 6.45) is 5.38. The highest BCUT2D eigenvalue weighted by molar-refractivity contribution is 5.93. The van der Waals surface area contributed by atoms with Crippen LogP contribution in [0, 0.1) is 0 Å². The molecular weight excluding hydrogens is 438 g/mol. The van der Waals surface area contributed by atoms with Crippen LogP contribution in [0.1, 0.15) is 32.6 Å². The highest BCUT2D eigenvalue weighted by atomic mass is 16.2. The van der Waals surface area contributed by atoms with Crippen LogP contribution in [-0.4, -0.2) is 58.7 Å². The second-order valence-electron chi connectivity index (χ2n) is 9.43. The van der Waals surface area contributed by atoms with Gasteiger partial charge in [0.15, 0.2) is 0 Å². The number of hydrogen-bond donors (Lipinski definition) is 1. The highest BCUT2D eigenvalue weighted by Gasteiger charge is 2.28. The van der Waals surface area contributed by atoms with Crippen molar-refractivity contribution in [2.24, 2.45) is 0 Å². The summed E-state index contributed by atoms with van der Waals surface area (Å²) in [7, 11) is 0. The van der Waals surface area contributed by atoms with Gasteiger partial charge in [0, 0.05) is 69.5 Å². The van der Waals surface area contributed by atoms with E-state index in [1.165, 1.54) is 0 Å². The van der Waals surface area contributed by atoms with Gasteiger partial charge in [0.25, 0.3) is 0 Å².